The van der Waals surface area contributed by atoms with E-state index in [2.05, 4.69) is 15.9 Å². The predicted molar refractivity (Wildman–Crippen MR) is 92.2 cm³/mol. The molecule has 0 atom stereocenters. The highest BCUT2D eigenvalue weighted by atomic mass is 79.9. The lowest BCUT2D eigenvalue weighted by molar-refractivity contribution is 0.460. The number of aromatic hydroxyl groups is 2. The molecule has 0 saturated heterocycles. The predicted octanol–water partition coefficient (Wildman–Crippen LogP) is -1.39. The number of hydrogen-bond acceptors (Lipinski definition) is 2. The van der Waals surface area contributed by atoms with Gasteiger partial charge in [0, 0.05) is 4.47 Å². The van der Waals surface area contributed by atoms with Crippen molar-refractivity contribution >= 4 is 55.9 Å². The molecule has 0 fully saturated rings. The third-order valence-electron chi connectivity index (χ3n) is 3.64. The lowest BCUT2D eigenvalue weighted by Gasteiger charge is -2.17. The maximum absolute atomic E-state index is 10.3. The van der Waals surface area contributed by atoms with Crippen LogP contribution in [0.4, 0.5) is 0 Å². The molecule has 2 aromatic carbocycles. The Labute approximate surface area is 124 Å². The molecule has 2 aromatic rings. The molecule has 0 saturated carbocycles. The first kappa shape index (κ1) is 14.1. The van der Waals surface area contributed by atoms with Gasteiger partial charge in [-0.15, -0.1) is 0 Å². The molecule has 2 nitrogen and oxygen atoms in total. The number of phenols is 2. The fraction of sp³-hybridized carbons (Fsp3) is 0.0769. The third-order valence-corrected chi connectivity index (χ3v) is 4.10. The number of hydrogen-bond donors (Lipinski definition) is 2. The van der Waals surface area contributed by atoms with Crippen LogP contribution in [0.25, 0.3) is 11.1 Å². The molecule has 0 heterocycles. The summed E-state index contributed by atoms with van der Waals surface area (Å²) in [7, 11) is 5.64. The quantitative estimate of drug-likeness (QED) is 0.637. The van der Waals surface area contributed by atoms with Gasteiger partial charge in [0.1, 0.15) is 35.0 Å². The van der Waals surface area contributed by atoms with Crippen LogP contribution in [0.1, 0.15) is 5.56 Å². The molecule has 0 unspecified atom stereocenters. The monoisotopic (exact) mass is 314 g/mol. The van der Waals surface area contributed by atoms with E-state index < -0.39 is 0 Å². The van der Waals surface area contributed by atoms with Crippen molar-refractivity contribution in [2.75, 3.05) is 0 Å². The molecular weight excluding hydrogens is 300 g/mol. The van der Waals surface area contributed by atoms with Crippen LogP contribution < -0.4 is 16.4 Å². The number of aryl methyl sites for hydroxylation is 1. The summed E-state index contributed by atoms with van der Waals surface area (Å²) < 4.78 is 0.928. The van der Waals surface area contributed by atoms with Crippen LogP contribution in [-0.4, -0.2) is 33.8 Å². The summed E-state index contributed by atoms with van der Waals surface area (Å²) >= 11 is 3.45. The molecular formula is C13H14B3BrO2. The molecule has 0 aliphatic rings. The van der Waals surface area contributed by atoms with Crippen molar-refractivity contribution in [1.82, 2.24) is 0 Å². The zero-order valence-electron chi connectivity index (χ0n) is 11.5. The Kier molecular flexibility index (Phi) is 3.72. The molecule has 0 spiro atoms. The van der Waals surface area contributed by atoms with Crippen LogP contribution in [0.2, 0.25) is 0 Å². The molecule has 94 valence electrons. The van der Waals surface area contributed by atoms with Crippen LogP contribution in [0.5, 0.6) is 11.5 Å². The molecule has 2 N–H and O–H groups in total. The molecule has 0 radical (unpaired) electrons. The van der Waals surface area contributed by atoms with E-state index in [1.165, 1.54) is 0 Å². The Hall–Kier alpha value is -1.29. The highest BCUT2D eigenvalue weighted by molar-refractivity contribution is 9.10. The normalized spacial score (nSPS) is 10.6. The maximum Gasteiger partial charge on any atom is 0.143 e. The second-order valence-corrected chi connectivity index (χ2v) is 5.88. The topological polar surface area (TPSA) is 40.5 Å². The second kappa shape index (κ2) is 5.01. The fourth-order valence-corrected chi connectivity index (χ4v) is 2.89. The van der Waals surface area contributed by atoms with Crippen LogP contribution in [-0.2, 0) is 0 Å². The average molecular weight is 315 g/mol. The van der Waals surface area contributed by atoms with E-state index in [1.54, 1.807) is 0 Å². The smallest absolute Gasteiger partial charge is 0.143 e. The summed E-state index contributed by atoms with van der Waals surface area (Å²) in [6.07, 6.45) is 0. The summed E-state index contributed by atoms with van der Waals surface area (Å²) in [4.78, 5) is 0. The minimum absolute atomic E-state index is 0.151. The summed E-state index contributed by atoms with van der Waals surface area (Å²) in [5.74, 6) is 0.302. The fourth-order valence-electron chi connectivity index (χ4n) is 2.28. The minimum Gasteiger partial charge on any atom is -0.508 e. The Balaban J connectivity index is 2.82. The number of halogens is 1. The summed E-state index contributed by atoms with van der Waals surface area (Å²) in [6, 6.07) is 5.84. The van der Waals surface area contributed by atoms with Gasteiger partial charge in [-0.25, -0.2) is 0 Å². The molecule has 0 amide bonds. The van der Waals surface area contributed by atoms with Crippen molar-refractivity contribution in [3.63, 3.8) is 0 Å². The standard InChI is InChI=1S/C13H14B3BrO2/c1-5-2-6(4-7(17)3-5)8-12(18)10(15)9(14)11(16)13(8)19/h2-4,18-19H,14-16H2,1H3. The highest BCUT2D eigenvalue weighted by Gasteiger charge is 2.18. The molecule has 0 bridgehead atoms. The van der Waals surface area contributed by atoms with Crippen molar-refractivity contribution < 1.29 is 10.2 Å². The molecule has 2 rings (SSSR count). The molecule has 6 heteroatoms. The van der Waals surface area contributed by atoms with Gasteiger partial charge in [-0.05, 0) is 30.2 Å². The summed E-state index contributed by atoms with van der Waals surface area (Å²) in [6.45, 7) is 1.98. The summed E-state index contributed by atoms with van der Waals surface area (Å²) in [5.41, 5.74) is 4.92. The third kappa shape index (κ3) is 2.41. The lowest BCUT2D eigenvalue weighted by Crippen LogP contribution is -2.39. The SMILES string of the molecule is Bc1c(B)c(O)c(-c2cc(C)cc(Br)c2)c(O)c1B. The number of benzene rings is 2. The van der Waals surface area contributed by atoms with Gasteiger partial charge in [0.05, 0.1) is 5.56 Å². The van der Waals surface area contributed by atoms with Gasteiger partial charge >= 0.3 is 0 Å². The van der Waals surface area contributed by atoms with E-state index >= 15 is 0 Å². The first-order valence-electron chi connectivity index (χ1n) is 6.12. The molecule has 19 heavy (non-hydrogen) atoms. The van der Waals surface area contributed by atoms with Gasteiger partial charge in [-0.2, -0.15) is 0 Å². The number of rotatable bonds is 1. The van der Waals surface area contributed by atoms with E-state index in [-0.39, 0.29) is 11.5 Å². The second-order valence-electron chi connectivity index (χ2n) is 4.96. The zero-order chi connectivity index (χ0) is 14.3. The van der Waals surface area contributed by atoms with Crippen molar-refractivity contribution in [3.05, 3.63) is 28.2 Å². The zero-order valence-corrected chi connectivity index (χ0v) is 13.1. The molecule has 0 aliphatic carbocycles. The Bertz CT molecular complexity index is 622. The van der Waals surface area contributed by atoms with Crippen LogP contribution in [0.3, 0.4) is 0 Å². The van der Waals surface area contributed by atoms with E-state index in [9.17, 15) is 10.2 Å². The summed E-state index contributed by atoms with van der Waals surface area (Å²) in [5, 5.41) is 20.7. The van der Waals surface area contributed by atoms with Crippen molar-refractivity contribution in [2.24, 2.45) is 0 Å². The van der Waals surface area contributed by atoms with Crippen molar-refractivity contribution in [1.29, 1.82) is 0 Å². The maximum atomic E-state index is 10.3. The average Bonchev–Trinajstić information content (AvgIpc) is 2.33. The Morgan fingerprint density at radius 1 is 0.895 bits per heavy atom. The lowest BCUT2D eigenvalue weighted by atomic mass is 9.69. The van der Waals surface area contributed by atoms with E-state index in [0.29, 0.717) is 5.56 Å². The highest BCUT2D eigenvalue weighted by Crippen LogP contribution is 2.35. The van der Waals surface area contributed by atoms with Crippen molar-refractivity contribution in [3.8, 4) is 22.6 Å². The minimum atomic E-state index is 0.151. The Morgan fingerprint density at radius 2 is 1.42 bits per heavy atom. The van der Waals surface area contributed by atoms with Gasteiger partial charge in [0.2, 0.25) is 0 Å². The van der Waals surface area contributed by atoms with Crippen LogP contribution in [0.15, 0.2) is 22.7 Å². The van der Waals surface area contributed by atoms with Crippen LogP contribution >= 0.6 is 15.9 Å². The largest absolute Gasteiger partial charge is 0.508 e. The van der Waals surface area contributed by atoms with Crippen LogP contribution in [0, 0.1) is 6.92 Å². The first-order chi connectivity index (χ1) is 8.82. The number of phenolic OH excluding ortho intramolecular Hbond substituents is 2. The van der Waals surface area contributed by atoms with E-state index in [1.807, 2.05) is 48.7 Å². The van der Waals surface area contributed by atoms with Gasteiger partial charge in [-0.1, -0.05) is 38.4 Å². The van der Waals surface area contributed by atoms with Gasteiger partial charge in [0.25, 0.3) is 0 Å². The van der Waals surface area contributed by atoms with Gasteiger partial charge in [-0.3, -0.25) is 0 Å². The van der Waals surface area contributed by atoms with Gasteiger partial charge < -0.3 is 10.2 Å². The van der Waals surface area contributed by atoms with E-state index in [4.69, 9.17) is 0 Å². The Morgan fingerprint density at radius 3 is 1.89 bits per heavy atom. The van der Waals surface area contributed by atoms with E-state index in [0.717, 1.165) is 32.0 Å². The first-order valence-corrected chi connectivity index (χ1v) is 6.91. The van der Waals surface area contributed by atoms with Crippen molar-refractivity contribution in [2.45, 2.75) is 6.92 Å². The molecule has 0 aliphatic heterocycles. The van der Waals surface area contributed by atoms with Gasteiger partial charge in [0.15, 0.2) is 0 Å². The molecule has 0 aromatic heterocycles.